The number of nitrogens with two attached hydrogens (primary N) is 2. The topological polar surface area (TPSA) is 134 Å². The average Bonchev–Trinajstić information content (AvgIpc) is 3.88. The van der Waals surface area contributed by atoms with Crippen LogP contribution in [0.25, 0.3) is 21.5 Å². The molecule has 2 fully saturated rings. The van der Waals surface area contributed by atoms with Gasteiger partial charge in [-0.15, -0.1) is 0 Å². The second kappa shape index (κ2) is 9.47. The summed E-state index contributed by atoms with van der Waals surface area (Å²) in [6.07, 6.45) is 4.06. The molecular formula is C31H31FN4O4S. The summed E-state index contributed by atoms with van der Waals surface area (Å²) in [6, 6.07) is 11.4. The molecule has 10 heteroatoms. The fourth-order valence-corrected chi connectivity index (χ4v) is 6.40. The van der Waals surface area contributed by atoms with Gasteiger partial charge < -0.3 is 26.0 Å². The molecule has 1 aliphatic heterocycles. The Balaban J connectivity index is 1.23. The van der Waals surface area contributed by atoms with Gasteiger partial charge in [-0.3, -0.25) is 4.79 Å². The normalized spacial score (nSPS) is 21.4. The average molecular weight is 575 g/mol. The highest BCUT2D eigenvalue weighted by Gasteiger charge is 2.48. The SMILES string of the molecule is C[C@]1(N)COc2c1cc([C@@](O)(CCC(=O)c1cc(OC3CC3)c3nc(N)sc3c1)C1CC1)nc2-c1ccc(F)cc1. The first-order valence-electron chi connectivity index (χ1n) is 14.0. The van der Waals surface area contributed by atoms with Gasteiger partial charge in [0.25, 0.3) is 0 Å². The summed E-state index contributed by atoms with van der Waals surface area (Å²) < 4.78 is 26.5. The Kier molecular flexibility index (Phi) is 6.08. The Morgan fingerprint density at radius 1 is 1.20 bits per heavy atom. The minimum absolute atomic E-state index is 0.0363. The third kappa shape index (κ3) is 4.83. The highest BCUT2D eigenvalue weighted by molar-refractivity contribution is 7.22. The van der Waals surface area contributed by atoms with Crippen LogP contribution in [0.1, 0.15) is 67.1 Å². The maximum Gasteiger partial charge on any atom is 0.181 e. The van der Waals surface area contributed by atoms with Crippen molar-refractivity contribution < 1.29 is 23.8 Å². The van der Waals surface area contributed by atoms with Crippen molar-refractivity contribution in [3.8, 4) is 22.8 Å². The van der Waals surface area contributed by atoms with Crippen molar-refractivity contribution in [2.24, 2.45) is 11.7 Å². The number of fused-ring (bicyclic) bond motifs is 2. The summed E-state index contributed by atoms with van der Waals surface area (Å²) in [5.74, 6) is 0.616. The van der Waals surface area contributed by atoms with Crippen molar-refractivity contribution in [3.05, 3.63) is 65.1 Å². The number of ketones is 1. The quantitative estimate of drug-likeness (QED) is 0.225. The molecule has 2 atom stereocenters. The third-order valence-corrected chi connectivity index (χ3v) is 9.10. The molecule has 2 aliphatic carbocycles. The summed E-state index contributed by atoms with van der Waals surface area (Å²) in [7, 11) is 0. The maximum absolute atomic E-state index is 13.7. The number of benzene rings is 2. The number of hydrogen-bond donors (Lipinski definition) is 3. The van der Waals surface area contributed by atoms with Crippen LogP contribution < -0.4 is 20.9 Å². The minimum Gasteiger partial charge on any atom is -0.489 e. The van der Waals surface area contributed by atoms with Crippen LogP contribution >= 0.6 is 11.3 Å². The molecule has 2 aromatic carbocycles. The van der Waals surface area contributed by atoms with Crippen molar-refractivity contribution in [1.82, 2.24) is 9.97 Å². The number of rotatable bonds is 9. The Morgan fingerprint density at radius 3 is 2.66 bits per heavy atom. The zero-order valence-corrected chi connectivity index (χ0v) is 23.5. The number of anilines is 1. The highest BCUT2D eigenvalue weighted by Crippen LogP contribution is 2.51. The molecule has 5 N–H and O–H groups in total. The molecule has 7 rings (SSSR count). The second-order valence-electron chi connectivity index (χ2n) is 11.8. The monoisotopic (exact) mass is 574 g/mol. The van der Waals surface area contributed by atoms with E-state index >= 15 is 0 Å². The van der Waals surface area contributed by atoms with Crippen LogP contribution in [0.2, 0.25) is 0 Å². The summed E-state index contributed by atoms with van der Waals surface area (Å²) in [4.78, 5) is 22.9. The van der Waals surface area contributed by atoms with Gasteiger partial charge in [-0.25, -0.2) is 14.4 Å². The number of aromatic nitrogens is 2. The van der Waals surface area contributed by atoms with Gasteiger partial charge in [0.15, 0.2) is 16.7 Å². The Bertz CT molecular complexity index is 1680. The predicted molar refractivity (Wildman–Crippen MR) is 155 cm³/mol. The molecule has 212 valence electrons. The molecule has 41 heavy (non-hydrogen) atoms. The van der Waals surface area contributed by atoms with Crippen LogP contribution in [0.3, 0.4) is 0 Å². The van der Waals surface area contributed by atoms with Crippen LogP contribution in [-0.2, 0) is 11.1 Å². The zero-order valence-electron chi connectivity index (χ0n) is 22.7. The highest BCUT2D eigenvalue weighted by atomic mass is 32.1. The molecule has 0 spiro atoms. The molecule has 0 bridgehead atoms. The molecule has 2 saturated carbocycles. The molecule has 0 unspecified atom stereocenters. The van der Waals surface area contributed by atoms with Crippen LogP contribution in [-0.4, -0.2) is 33.6 Å². The summed E-state index contributed by atoms with van der Waals surface area (Å²) in [5, 5.41) is 12.6. The van der Waals surface area contributed by atoms with E-state index < -0.39 is 11.1 Å². The van der Waals surface area contributed by atoms with Crippen molar-refractivity contribution >= 4 is 32.5 Å². The van der Waals surface area contributed by atoms with Gasteiger partial charge in [0.05, 0.1) is 22.0 Å². The number of halogens is 1. The number of hydrogen-bond acceptors (Lipinski definition) is 9. The summed E-state index contributed by atoms with van der Waals surface area (Å²) in [5.41, 5.74) is 14.0. The van der Waals surface area contributed by atoms with Gasteiger partial charge in [0.2, 0.25) is 0 Å². The standard InChI is InChI=1S/C31H31FN4O4S/c1-30(34)15-39-28-21(30)14-25(35-26(28)16-2-6-19(32)7-3-16)31(38,18-4-5-18)11-10-22(37)17-12-23(40-20-8-9-20)27-24(13-17)41-29(33)36-27/h2-3,6-7,12-14,18,20,38H,4-5,8-11,15,34H2,1H3,(H2,33,36)/t30-,31+/m0/s1. The molecule has 3 heterocycles. The van der Waals surface area contributed by atoms with Gasteiger partial charge in [0, 0.05) is 23.1 Å². The number of ether oxygens (including phenoxy) is 2. The molecule has 0 saturated heterocycles. The number of carbonyl (C=O) groups excluding carboxylic acids is 1. The maximum atomic E-state index is 13.7. The largest absolute Gasteiger partial charge is 0.489 e. The van der Waals surface area contributed by atoms with Gasteiger partial charge in [-0.1, -0.05) is 11.3 Å². The van der Waals surface area contributed by atoms with E-state index in [0.29, 0.717) is 44.7 Å². The lowest BCUT2D eigenvalue weighted by Crippen LogP contribution is -2.35. The number of carbonyl (C=O) groups is 1. The van der Waals surface area contributed by atoms with Gasteiger partial charge in [0.1, 0.15) is 35.0 Å². The van der Waals surface area contributed by atoms with E-state index in [-0.39, 0.29) is 43.1 Å². The van der Waals surface area contributed by atoms with Gasteiger partial charge >= 0.3 is 0 Å². The fourth-order valence-electron chi connectivity index (χ4n) is 5.61. The number of Topliss-reactive ketones (excluding diaryl/α,β-unsaturated/α-hetero) is 1. The van der Waals surface area contributed by atoms with Gasteiger partial charge in [-0.05, 0) is 87.4 Å². The fraction of sp³-hybridized carbons (Fsp3) is 0.387. The Hall–Kier alpha value is -3.60. The minimum atomic E-state index is -1.34. The first-order chi connectivity index (χ1) is 19.6. The Morgan fingerprint density at radius 2 is 1.95 bits per heavy atom. The zero-order chi connectivity index (χ0) is 28.5. The molecule has 8 nitrogen and oxygen atoms in total. The van der Waals surface area contributed by atoms with Crippen LogP contribution in [0, 0.1) is 11.7 Å². The number of aliphatic hydroxyl groups is 1. The molecular weight excluding hydrogens is 543 g/mol. The van der Waals surface area contributed by atoms with E-state index in [1.54, 1.807) is 24.3 Å². The van der Waals surface area contributed by atoms with Crippen LogP contribution in [0.5, 0.6) is 11.5 Å². The third-order valence-electron chi connectivity index (χ3n) is 8.27. The van der Waals surface area contributed by atoms with E-state index in [4.69, 9.17) is 25.9 Å². The summed E-state index contributed by atoms with van der Waals surface area (Å²) in [6.45, 7) is 2.14. The van der Waals surface area contributed by atoms with Crippen LogP contribution in [0.4, 0.5) is 9.52 Å². The van der Waals surface area contributed by atoms with E-state index in [1.807, 2.05) is 13.0 Å². The first-order valence-corrected chi connectivity index (χ1v) is 14.8. The lowest BCUT2D eigenvalue weighted by molar-refractivity contribution is -0.00116. The molecule has 0 amide bonds. The van der Waals surface area contributed by atoms with E-state index in [1.165, 1.54) is 23.5 Å². The number of nitrogen functional groups attached to an aromatic ring is 1. The van der Waals surface area contributed by atoms with Gasteiger partial charge in [-0.2, -0.15) is 0 Å². The van der Waals surface area contributed by atoms with Crippen molar-refractivity contribution in [3.63, 3.8) is 0 Å². The molecule has 0 radical (unpaired) electrons. The smallest absolute Gasteiger partial charge is 0.181 e. The molecule has 4 aromatic rings. The van der Waals surface area contributed by atoms with Crippen molar-refractivity contribution in [2.75, 3.05) is 12.3 Å². The number of thiazole rings is 1. The van der Waals surface area contributed by atoms with Crippen molar-refractivity contribution in [1.29, 1.82) is 0 Å². The first kappa shape index (κ1) is 26.3. The Labute approximate surface area is 240 Å². The predicted octanol–water partition coefficient (Wildman–Crippen LogP) is 5.45. The molecule has 3 aliphatic rings. The van der Waals surface area contributed by atoms with E-state index in [0.717, 1.165) is 35.9 Å². The van der Waals surface area contributed by atoms with E-state index in [2.05, 4.69) is 4.98 Å². The van der Waals surface area contributed by atoms with Crippen LogP contribution in [0.15, 0.2) is 42.5 Å². The lowest BCUT2D eigenvalue weighted by atomic mass is 9.83. The van der Waals surface area contributed by atoms with Crippen molar-refractivity contribution in [2.45, 2.75) is 62.7 Å². The number of pyridine rings is 1. The molecule has 2 aromatic heterocycles. The summed E-state index contributed by atoms with van der Waals surface area (Å²) >= 11 is 1.32. The van der Waals surface area contributed by atoms with E-state index in [9.17, 15) is 14.3 Å². The second-order valence-corrected chi connectivity index (χ2v) is 12.8. The lowest BCUT2D eigenvalue weighted by Gasteiger charge is -2.29. The number of nitrogens with zero attached hydrogens (tertiary/aromatic N) is 2.